The van der Waals surface area contributed by atoms with Crippen LogP contribution in [0.2, 0.25) is 0 Å². The van der Waals surface area contributed by atoms with Crippen molar-refractivity contribution in [2.75, 3.05) is 44.2 Å². The highest BCUT2D eigenvalue weighted by molar-refractivity contribution is 7.20. The third-order valence-corrected chi connectivity index (χ3v) is 8.13. The topological polar surface area (TPSA) is 82.8 Å². The summed E-state index contributed by atoms with van der Waals surface area (Å²) in [7, 11) is 0. The molecule has 0 saturated carbocycles. The molecule has 0 aromatic carbocycles. The summed E-state index contributed by atoms with van der Waals surface area (Å²) in [5.74, 6) is 0.120. The molecule has 32 heavy (non-hydrogen) atoms. The standard InChI is InChI=1S/C23H34N6O2S/c30-20(24-11-15-27-12-5-1-2-6-13-27)17-8-7-14-28(16-17)23-26-29-21(31)18-9-3-4-10-19(18)25-22(29)32-23/h17H,1-16H2,(H,24,30)/t17-/m0/s1. The summed E-state index contributed by atoms with van der Waals surface area (Å²) < 4.78 is 1.48. The van der Waals surface area contributed by atoms with Crippen LogP contribution in [-0.4, -0.2) is 64.7 Å². The van der Waals surface area contributed by atoms with Crippen LogP contribution in [0.3, 0.4) is 0 Å². The molecule has 2 aromatic rings. The molecule has 0 spiro atoms. The van der Waals surface area contributed by atoms with Gasteiger partial charge >= 0.3 is 0 Å². The first-order valence-corrected chi connectivity index (χ1v) is 13.2. The molecule has 1 atom stereocenters. The van der Waals surface area contributed by atoms with Gasteiger partial charge in [0.2, 0.25) is 16.0 Å². The van der Waals surface area contributed by atoms with Crippen molar-refractivity contribution < 1.29 is 4.79 Å². The van der Waals surface area contributed by atoms with Gasteiger partial charge in [0.25, 0.3) is 5.56 Å². The molecule has 5 rings (SSSR count). The molecule has 4 heterocycles. The van der Waals surface area contributed by atoms with Gasteiger partial charge in [0.1, 0.15) is 0 Å². The number of carbonyl (C=O) groups is 1. The molecule has 0 unspecified atom stereocenters. The maximum atomic E-state index is 12.9. The van der Waals surface area contributed by atoms with Gasteiger partial charge in [-0.2, -0.15) is 4.52 Å². The fourth-order valence-corrected chi connectivity index (χ4v) is 6.24. The molecular formula is C23H34N6O2S. The van der Waals surface area contributed by atoms with Crippen molar-refractivity contribution in [2.45, 2.75) is 64.2 Å². The molecule has 9 heteroatoms. The lowest BCUT2D eigenvalue weighted by Crippen LogP contribution is -2.45. The van der Waals surface area contributed by atoms with Gasteiger partial charge < -0.3 is 15.1 Å². The van der Waals surface area contributed by atoms with Gasteiger partial charge in [-0.3, -0.25) is 9.59 Å². The van der Waals surface area contributed by atoms with Crippen LogP contribution in [-0.2, 0) is 17.6 Å². The van der Waals surface area contributed by atoms with Crippen molar-refractivity contribution >= 4 is 27.3 Å². The predicted molar refractivity (Wildman–Crippen MR) is 127 cm³/mol. The van der Waals surface area contributed by atoms with E-state index in [0.29, 0.717) is 11.5 Å². The molecule has 0 radical (unpaired) electrons. The Hall–Kier alpha value is -2.00. The van der Waals surface area contributed by atoms with Gasteiger partial charge in [0, 0.05) is 31.7 Å². The summed E-state index contributed by atoms with van der Waals surface area (Å²) >= 11 is 1.47. The Morgan fingerprint density at radius 2 is 1.84 bits per heavy atom. The van der Waals surface area contributed by atoms with E-state index < -0.39 is 0 Å². The molecule has 174 valence electrons. The van der Waals surface area contributed by atoms with Gasteiger partial charge in [0.05, 0.1) is 11.6 Å². The molecule has 2 saturated heterocycles. The predicted octanol–water partition coefficient (Wildman–Crippen LogP) is 2.24. The molecule has 1 N–H and O–H groups in total. The average Bonchev–Trinajstić information content (AvgIpc) is 3.08. The van der Waals surface area contributed by atoms with Crippen LogP contribution in [0.5, 0.6) is 0 Å². The SMILES string of the molecule is O=C(NCCN1CCCCCC1)[C@H]1CCCN(c2nn3c(=O)c4c(nc3s2)CCCC4)C1. The lowest BCUT2D eigenvalue weighted by molar-refractivity contribution is -0.125. The van der Waals surface area contributed by atoms with Crippen LogP contribution < -0.4 is 15.8 Å². The minimum absolute atomic E-state index is 0.00739. The number of rotatable bonds is 5. The third kappa shape index (κ3) is 4.69. The molecule has 8 nitrogen and oxygen atoms in total. The van der Waals surface area contributed by atoms with E-state index in [9.17, 15) is 9.59 Å². The zero-order valence-electron chi connectivity index (χ0n) is 18.9. The monoisotopic (exact) mass is 458 g/mol. The number of piperidine rings is 1. The Balaban J connectivity index is 1.21. The highest BCUT2D eigenvalue weighted by atomic mass is 32.1. The van der Waals surface area contributed by atoms with Crippen molar-refractivity contribution in [2.24, 2.45) is 5.92 Å². The van der Waals surface area contributed by atoms with Crippen LogP contribution in [0.1, 0.15) is 62.6 Å². The van der Waals surface area contributed by atoms with Crippen molar-refractivity contribution in [1.29, 1.82) is 0 Å². The maximum absolute atomic E-state index is 12.9. The first-order chi connectivity index (χ1) is 15.7. The molecule has 2 aromatic heterocycles. The van der Waals surface area contributed by atoms with E-state index in [1.165, 1.54) is 41.5 Å². The third-order valence-electron chi connectivity index (χ3n) is 7.16. The van der Waals surface area contributed by atoms with Crippen LogP contribution >= 0.6 is 11.3 Å². The highest BCUT2D eigenvalue weighted by Gasteiger charge is 2.28. The van der Waals surface area contributed by atoms with Crippen LogP contribution in [0.25, 0.3) is 4.96 Å². The second-order valence-corrected chi connectivity index (χ2v) is 10.4. The average molecular weight is 459 g/mol. The Kier molecular flexibility index (Phi) is 6.73. The number of carbonyl (C=O) groups excluding carboxylic acids is 1. The molecule has 3 aliphatic rings. The largest absolute Gasteiger partial charge is 0.355 e. The van der Waals surface area contributed by atoms with E-state index >= 15 is 0 Å². The van der Waals surface area contributed by atoms with Crippen molar-refractivity contribution in [1.82, 2.24) is 24.8 Å². The normalized spacial score (nSPS) is 22.5. The van der Waals surface area contributed by atoms with E-state index in [0.717, 1.165) is 87.6 Å². The lowest BCUT2D eigenvalue weighted by Gasteiger charge is -2.31. The second-order valence-electron chi connectivity index (χ2n) is 9.46. The number of likely N-dealkylation sites (tertiary alicyclic amines) is 1. The van der Waals surface area contributed by atoms with E-state index in [-0.39, 0.29) is 17.4 Å². The van der Waals surface area contributed by atoms with E-state index in [4.69, 9.17) is 4.98 Å². The summed E-state index contributed by atoms with van der Waals surface area (Å²) in [6, 6.07) is 0. The first-order valence-electron chi connectivity index (χ1n) is 12.4. The van der Waals surface area contributed by atoms with E-state index in [1.807, 2.05) is 0 Å². The molecule has 1 aliphatic carbocycles. The van der Waals surface area contributed by atoms with Gasteiger partial charge in [0.15, 0.2) is 0 Å². The molecular weight excluding hydrogens is 424 g/mol. The lowest BCUT2D eigenvalue weighted by atomic mass is 9.97. The fourth-order valence-electron chi connectivity index (χ4n) is 5.30. The second kappa shape index (κ2) is 9.87. The van der Waals surface area contributed by atoms with Crippen LogP contribution in [0.15, 0.2) is 4.79 Å². The maximum Gasteiger partial charge on any atom is 0.278 e. The van der Waals surface area contributed by atoms with Crippen molar-refractivity contribution in [3.05, 3.63) is 21.6 Å². The Morgan fingerprint density at radius 3 is 2.69 bits per heavy atom. The van der Waals surface area contributed by atoms with Gasteiger partial charge in [-0.15, -0.1) is 5.10 Å². The van der Waals surface area contributed by atoms with E-state index in [1.54, 1.807) is 0 Å². The van der Waals surface area contributed by atoms with Crippen LogP contribution in [0, 0.1) is 5.92 Å². The minimum atomic E-state index is -0.0298. The zero-order chi connectivity index (χ0) is 21.9. The number of aryl methyl sites for hydroxylation is 1. The molecule has 0 bridgehead atoms. The number of nitrogens with one attached hydrogen (secondary N) is 1. The van der Waals surface area contributed by atoms with E-state index in [2.05, 4.69) is 20.2 Å². The van der Waals surface area contributed by atoms with Gasteiger partial charge in [-0.1, -0.05) is 24.2 Å². The summed E-state index contributed by atoms with van der Waals surface area (Å²) in [5.41, 5.74) is 1.79. The number of hydrogen-bond acceptors (Lipinski definition) is 7. The molecule has 1 amide bonds. The number of nitrogens with zero attached hydrogens (tertiary/aromatic N) is 5. The number of anilines is 1. The summed E-state index contributed by atoms with van der Waals surface area (Å²) in [5, 5.41) is 8.60. The van der Waals surface area contributed by atoms with Crippen molar-refractivity contribution in [3.8, 4) is 0 Å². The number of aromatic nitrogens is 3. The number of fused-ring (bicyclic) bond motifs is 2. The van der Waals surface area contributed by atoms with Crippen molar-refractivity contribution in [3.63, 3.8) is 0 Å². The Morgan fingerprint density at radius 1 is 1.03 bits per heavy atom. The Bertz CT molecular complexity index is 1010. The first kappa shape index (κ1) is 21.8. The van der Waals surface area contributed by atoms with Gasteiger partial charge in [-0.05, 0) is 64.5 Å². The molecule has 2 aliphatic heterocycles. The van der Waals surface area contributed by atoms with Crippen LogP contribution in [0.4, 0.5) is 5.13 Å². The highest BCUT2D eigenvalue weighted by Crippen LogP contribution is 2.28. The quantitative estimate of drug-likeness (QED) is 0.740. The number of amides is 1. The zero-order valence-corrected chi connectivity index (χ0v) is 19.7. The molecule has 2 fully saturated rings. The summed E-state index contributed by atoms with van der Waals surface area (Å²) in [6.45, 7) is 5.50. The Labute approximate surface area is 193 Å². The smallest absolute Gasteiger partial charge is 0.278 e. The van der Waals surface area contributed by atoms with Gasteiger partial charge in [-0.25, -0.2) is 4.98 Å². The summed E-state index contributed by atoms with van der Waals surface area (Å²) in [6.07, 6.45) is 10.9. The number of hydrogen-bond donors (Lipinski definition) is 1. The minimum Gasteiger partial charge on any atom is -0.355 e. The fraction of sp³-hybridized carbons (Fsp3) is 0.739. The summed E-state index contributed by atoms with van der Waals surface area (Å²) in [4.78, 5) is 35.8.